The van der Waals surface area contributed by atoms with E-state index in [0.717, 1.165) is 12.6 Å². The number of urea groups is 1. The molecule has 2 aliphatic rings. The first-order chi connectivity index (χ1) is 12.1. The molecule has 2 heterocycles. The van der Waals surface area contributed by atoms with E-state index in [9.17, 15) is 9.18 Å². The second kappa shape index (κ2) is 6.37. The molecule has 0 aliphatic carbocycles. The molecular weight excluding hydrogens is 343 g/mol. The number of aliphatic imine (C=N–C) groups is 1. The number of hydrogen-bond acceptors (Lipinski definition) is 3. The van der Waals surface area contributed by atoms with E-state index in [4.69, 9.17) is 11.6 Å². The van der Waals surface area contributed by atoms with Gasteiger partial charge < -0.3 is 15.5 Å². The number of rotatable bonds is 3. The summed E-state index contributed by atoms with van der Waals surface area (Å²) in [5.41, 5.74) is 2.83. The third-order valence-electron chi connectivity index (χ3n) is 4.56. The Hall–Kier alpha value is -2.60. The first-order valence-electron chi connectivity index (χ1n) is 7.99. The molecule has 2 unspecified atom stereocenters. The van der Waals surface area contributed by atoms with Gasteiger partial charge in [-0.05, 0) is 29.3 Å². The Balaban J connectivity index is 1.44. The van der Waals surface area contributed by atoms with Crippen LogP contribution >= 0.6 is 11.6 Å². The number of anilines is 1. The van der Waals surface area contributed by atoms with Gasteiger partial charge in [-0.3, -0.25) is 4.99 Å². The molecule has 2 N–H and O–H groups in total. The molecule has 0 aromatic heterocycles. The highest BCUT2D eigenvalue weighted by Crippen LogP contribution is 2.42. The van der Waals surface area contributed by atoms with Crippen molar-refractivity contribution in [3.05, 3.63) is 64.4 Å². The number of nitrogens with zero attached hydrogens (tertiary/aromatic N) is 2. The topological polar surface area (TPSA) is 56.7 Å². The Morgan fingerprint density at radius 3 is 2.88 bits per heavy atom. The molecule has 7 heteroatoms. The number of carbonyl (C=O) groups excluding carboxylic acids is 1. The molecule has 2 atom stereocenters. The Morgan fingerprint density at radius 2 is 2.08 bits per heavy atom. The summed E-state index contributed by atoms with van der Waals surface area (Å²) in [5.74, 6) is -0.446. The van der Waals surface area contributed by atoms with E-state index < -0.39 is 5.82 Å². The van der Waals surface area contributed by atoms with Gasteiger partial charge in [-0.15, -0.1) is 0 Å². The smallest absolute Gasteiger partial charge is 0.319 e. The monoisotopic (exact) mass is 358 g/mol. The average Bonchev–Trinajstić information content (AvgIpc) is 3.17. The van der Waals surface area contributed by atoms with E-state index in [1.54, 1.807) is 0 Å². The first kappa shape index (κ1) is 15.9. The molecule has 0 fully saturated rings. The molecule has 0 saturated carbocycles. The predicted octanol–water partition coefficient (Wildman–Crippen LogP) is 3.74. The van der Waals surface area contributed by atoms with Crippen LogP contribution in [0.25, 0.3) is 0 Å². The minimum atomic E-state index is -0.446. The standard InChI is InChI=1S/C18H16ClFN4O/c19-14-7-11(20)5-6-15(14)23-18(25)22-9-17-13-4-2-1-3-12(13)16-8-21-10-24(16)17/h1-7,10,16-17H,8-9H2,(H2,22,23,25). The molecule has 0 bridgehead atoms. The summed E-state index contributed by atoms with van der Waals surface area (Å²) in [6, 6.07) is 12.0. The van der Waals surface area contributed by atoms with Crippen molar-refractivity contribution in [1.82, 2.24) is 10.2 Å². The Bertz CT molecular complexity index is 857. The highest BCUT2D eigenvalue weighted by atomic mass is 35.5. The van der Waals surface area contributed by atoms with Crippen molar-refractivity contribution in [2.24, 2.45) is 4.99 Å². The van der Waals surface area contributed by atoms with Gasteiger partial charge in [-0.25, -0.2) is 9.18 Å². The summed E-state index contributed by atoms with van der Waals surface area (Å²) < 4.78 is 13.1. The van der Waals surface area contributed by atoms with Crippen LogP contribution in [0.5, 0.6) is 0 Å². The third kappa shape index (κ3) is 2.93. The van der Waals surface area contributed by atoms with Crippen molar-refractivity contribution in [1.29, 1.82) is 0 Å². The van der Waals surface area contributed by atoms with E-state index in [1.165, 1.54) is 23.3 Å². The van der Waals surface area contributed by atoms with Crippen LogP contribution in [0.2, 0.25) is 5.02 Å². The summed E-state index contributed by atoms with van der Waals surface area (Å²) in [6.45, 7) is 1.18. The lowest BCUT2D eigenvalue weighted by Crippen LogP contribution is -2.36. The second-order valence-electron chi connectivity index (χ2n) is 6.05. The Morgan fingerprint density at radius 1 is 1.28 bits per heavy atom. The van der Waals surface area contributed by atoms with Crippen molar-refractivity contribution in [3.8, 4) is 0 Å². The maximum absolute atomic E-state index is 13.1. The number of nitrogens with one attached hydrogen (secondary N) is 2. The fourth-order valence-electron chi connectivity index (χ4n) is 3.41. The van der Waals surface area contributed by atoms with Crippen molar-refractivity contribution < 1.29 is 9.18 Å². The molecule has 4 rings (SSSR count). The summed E-state index contributed by atoms with van der Waals surface area (Å²) in [6.07, 6.45) is 1.85. The molecule has 2 amide bonds. The van der Waals surface area contributed by atoms with Crippen LogP contribution in [-0.4, -0.2) is 30.4 Å². The molecule has 2 aromatic carbocycles. The van der Waals surface area contributed by atoms with Crippen molar-refractivity contribution in [3.63, 3.8) is 0 Å². The van der Waals surface area contributed by atoms with E-state index >= 15 is 0 Å². The number of benzene rings is 2. The van der Waals surface area contributed by atoms with Crippen LogP contribution in [0, 0.1) is 5.82 Å². The molecule has 0 saturated heterocycles. The van der Waals surface area contributed by atoms with Crippen LogP contribution in [0.1, 0.15) is 23.2 Å². The molecular formula is C18H16ClFN4O. The van der Waals surface area contributed by atoms with Crippen molar-refractivity contribution in [2.75, 3.05) is 18.4 Å². The maximum Gasteiger partial charge on any atom is 0.319 e. The quantitative estimate of drug-likeness (QED) is 0.878. The fraction of sp³-hybridized carbons (Fsp3) is 0.222. The Kier molecular flexibility index (Phi) is 4.05. The summed E-state index contributed by atoms with van der Waals surface area (Å²) in [5, 5.41) is 5.67. The predicted molar refractivity (Wildman–Crippen MR) is 95.6 cm³/mol. The zero-order chi connectivity index (χ0) is 17.4. The summed E-state index contributed by atoms with van der Waals surface area (Å²) >= 11 is 5.93. The molecule has 2 aliphatic heterocycles. The summed E-state index contributed by atoms with van der Waals surface area (Å²) in [4.78, 5) is 18.7. The van der Waals surface area contributed by atoms with Gasteiger partial charge in [0.1, 0.15) is 5.82 Å². The van der Waals surface area contributed by atoms with E-state index in [-0.39, 0.29) is 23.1 Å². The number of amides is 2. The average molecular weight is 359 g/mol. The van der Waals surface area contributed by atoms with Crippen LogP contribution in [0.3, 0.4) is 0 Å². The highest BCUT2D eigenvalue weighted by Gasteiger charge is 2.38. The number of carbonyl (C=O) groups is 1. The maximum atomic E-state index is 13.1. The zero-order valence-electron chi connectivity index (χ0n) is 13.2. The number of fused-ring (bicyclic) bond motifs is 3. The van der Waals surface area contributed by atoms with Crippen LogP contribution in [0.4, 0.5) is 14.9 Å². The van der Waals surface area contributed by atoms with Crippen molar-refractivity contribution >= 4 is 29.7 Å². The van der Waals surface area contributed by atoms with E-state index in [1.807, 2.05) is 18.5 Å². The lowest BCUT2D eigenvalue weighted by Gasteiger charge is -2.24. The minimum absolute atomic E-state index is 0.0434. The molecule has 25 heavy (non-hydrogen) atoms. The van der Waals surface area contributed by atoms with Gasteiger partial charge in [0.15, 0.2) is 0 Å². The lowest BCUT2D eigenvalue weighted by molar-refractivity contribution is 0.245. The van der Waals surface area contributed by atoms with Gasteiger partial charge in [0.2, 0.25) is 0 Å². The lowest BCUT2D eigenvalue weighted by atomic mass is 10.0. The van der Waals surface area contributed by atoms with Crippen LogP contribution in [-0.2, 0) is 0 Å². The van der Waals surface area contributed by atoms with Crippen molar-refractivity contribution in [2.45, 2.75) is 12.1 Å². The second-order valence-corrected chi connectivity index (χ2v) is 6.45. The summed E-state index contributed by atoms with van der Waals surface area (Å²) in [7, 11) is 0. The SMILES string of the molecule is O=C(NCC1c2ccccc2C2CN=CN21)Nc1ccc(F)cc1Cl. The molecule has 5 nitrogen and oxygen atoms in total. The van der Waals surface area contributed by atoms with Gasteiger partial charge in [-0.2, -0.15) is 0 Å². The van der Waals surface area contributed by atoms with E-state index in [0.29, 0.717) is 12.2 Å². The third-order valence-corrected chi connectivity index (χ3v) is 4.88. The zero-order valence-corrected chi connectivity index (χ0v) is 14.0. The van der Waals surface area contributed by atoms with Gasteiger partial charge in [-0.1, -0.05) is 35.9 Å². The minimum Gasteiger partial charge on any atom is -0.345 e. The molecule has 128 valence electrons. The highest BCUT2D eigenvalue weighted by molar-refractivity contribution is 6.33. The molecule has 2 aromatic rings. The molecule has 0 radical (unpaired) electrons. The van der Waals surface area contributed by atoms with E-state index in [2.05, 4.69) is 32.7 Å². The van der Waals surface area contributed by atoms with Crippen LogP contribution < -0.4 is 10.6 Å². The Labute approximate surface area is 149 Å². The van der Waals surface area contributed by atoms with Gasteiger partial charge in [0.05, 0.1) is 35.7 Å². The molecule has 0 spiro atoms. The van der Waals surface area contributed by atoms with Gasteiger partial charge in [0.25, 0.3) is 0 Å². The van der Waals surface area contributed by atoms with Gasteiger partial charge in [0, 0.05) is 6.54 Å². The van der Waals surface area contributed by atoms with Gasteiger partial charge >= 0.3 is 6.03 Å². The van der Waals surface area contributed by atoms with Crippen LogP contribution in [0.15, 0.2) is 47.5 Å². The number of halogens is 2. The fourth-order valence-corrected chi connectivity index (χ4v) is 3.63. The normalized spacial score (nSPS) is 20.3. The number of hydrogen-bond donors (Lipinski definition) is 2. The first-order valence-corrected chi connectivity index (χ1v) is 8.37. The largest absolute Gasteiger partial charge is 0.345 e.